The first-order valence-corrected chi connectivity index (χ1v) is 5.56. The number of hydrogen-bond acceptors (Lipinski definition) is 2. The minimum Gasteiger partial charge on any atom is -0.345 e. The van der Waals surface area contributed by atoms with Crippen LogP contribution < -0.4 is 5.32 Å². The summed E-state index contributed by atoms with van der Waals surface area (Å²) in [5, 5.41) is 3.25. The van der Waals surface area contributed by atoms with Crippen molar-refractivity contribution in [2.75, 3.05) is 5.88 Å². The van der Waals surface area contributed by atoms with Crippen LogP contribution in [0.2, 0.25) is 5.02 Å². The lowest BCUT2D eigenvalue weighted by atomic mass is 10.2. The molecule has 2 rings (SSSR count). The number of pyridine rings is 1. The van der Waals surface area contributed by atoms with Gasteiger partial charge in [0.1, 0.15) is 0 Å². The van der Waals surface area contributed by atoms with Crippen LogP contribution in [0.5, 0.6) is 0 Å². The maximum absolute atomic E-state index is 11.8. The number of rotatable bonds is 3. The molecule has 1 aromatic heterocycles. The zero-order valence-corrected chi connectivity index (χ0v) is 9.48. The van der Waals surface area contributed by atoms with E-state index in [1.54, 1.807) is 12.3 Å². The number of alkyl halides is 1. The molecule has 1 amide bonds. The fourth-order valence-electron chi connectivity index (χ4n) is 1.31. The molecule has 1 aromatic rings. The van der Waals surface area contributed by atoms with Crippen molar-refractivity contribution in [3.8, 4) is 0 Å². The van der Waals surface area contributed by atoms with Crippen LogP contribution in [0.3, 0.4) is 0 Å². The van der Waals surface area contributed by atoms with Crippen molar-refractivity contribution in [3.05, 3.63) is 29.0 Å². The Kier molecular flexibility index (Phi) is 2.85. The second kappa shape index (κ2) is 3.99. The number of carbonyl (C=O) groups is 1. The predicted octanol–water partition coefficient (Wildman–Crippen LogP) is 2.24. The molecule has 1 fully saturated rings. The van der Waals surface area contributed by atoms with Crippen LogP contribution in [-0.2, 0) is 0 Å². The van der Waals surface area contributed by atoms with E-state index in [2.05, 4.69) is 10.3 Å². The average molecular weight is 245 g/mol. The molecule has 0 saturated heterocycles. The van der Waals surface area contributed by atoms with Gasteiger partial charge in [-0.1, -0.05) is 11.6 Å². The van der Waals surface area contributed by atoms with Gasteiger partial charge in [-0.05, 0) is 18.9 Å². The standard InChI is InChI=1S/C10H10Cl2N2O/c11-6-10(2-3-10)14-9(15)7-1-4-13-5-8(7)12/h1,4-5H,2-3,6H2,(H,14,15). The third-order valence-electron chi connectivity index (χ3n) is 2.51. The Bertz CT molecular complexity index is 391. The Hall–Kier alpha value is -0.800. The van der Waals surface area contributed by atoms with E-state index in [9.17, 15) is 4.79 Å². The highest BCUT2D eigenvalue weighted by Crippen LogP contribution is 2.36. The largest absolute Gasteiger partial charge is 0.345 e. The summed E-state index contributed by atoms with van der Waals surface area (Å²) in [6.45, 7) is 0. The summed E-state index contributed by atoms with van der Waals surface area (Å²) < 4.78 is 0. The number of nitrogens with one attached hydrogen (secondary N) is 1. The topological polar surface area (TPSA) is 42.0 Å². The van der Waals surface area contributed by atoms with Gasteiger partial charge >= 0.3 is 0 Å². The Morgan fingerprint density at radius 2 is 2.33 bits per heavy atom. The van der Waals surface area contributed by atoms with Crippen LogP contribution in [-0.4, -0.2) is 22.3 Å². The highest BCUT2D eigenvalue weighted by atomic mass is 35.5. The molecular weight excluding hydrogens is 235 g/mol. The molecule has 0 bridgehead atoms. The second-order valence-corrected chi connectivity index (χ2v) is 4.40. The van der Waals surface area contributed by atoms with E-state index in [-0.39, 0.29) is 11.4 Å². The molecule has 80 valence electrons. The van der Waals surface area contributed by atoms with E-state index in [0.29, 0.717) is 16.5 Å². The summed E-state index contributed by atoms with van der Waals surface area (Å²) >= 11 is 11.6. The van der Waals surface area contributed by atoms with Crippen molar-refractivity contribution >= 4 is 29.1 Å². The van der Waals surface area contributed by atoms with Gasteiger partial charge < -0.3 is 5.32 Å². The Balaban J connectivity index is 2.12. The molecule has 1 saturated carbocycles. The van der Waals surface area contributed by atoms with Crippen LogP contribution in [0, 0.1) is 0 Å². The van der Waals surface area contributed by atoms with Gasteiger partial charge in [0.25, 0.3) is 5.91 Å². The van der Waals surface area contributed by atoms with E-state index in [4.69, 9.17) is 23.2 Å². The zero-order valence-electron chi connectivity index (χ0n) is 7.96. The summed E-state index contributed by atoms with van der Waals surface area (Å²) in [6.07, 6.45) is 4.87. The summed E-state index contributed by atoms with van der Waals surface area (Å²) in [5.41, 5.74) is 0.244. The van der Waals surface area contributed by atoms with Crippen LogP contribution in [0.25, 0.3) is 0 Å². The molecule has 0 radical (unpaired) electrons. The van der Waals surface area contributed by atoms with Gasteiger partial charge in [0.2, 0.25) is 0 Å². The number of halogens is 2. The van der Waals surface area contributed by atoms with Crippen molar-refractivity contribution in [2.24, 2.45) is 0 Å². The molecule has 1 aliphatic rings. The number of aromatic nitrogens is 1. The Morgan fingerprint density at radius 1 is 1.60 bits per heavy atom. The van der Waals surface area contributed by atoms with Gasteiger partial charge in [0.05, 0.1) is 16.1 Å². The maximum Gasteiger partial charge on any atom is 0.253 e. The van der Waals surface area contributed by atoms with E-state index in [1.165, 1.54) is 6.20 Å². The molecule has 3 nitrogen and oxygen atoms in total. The second-order valence-electron chi connectivity index (χ2n) is 3.72. The molecule has 0 atom stereocenters. The summed E-state index contributed by atoms with van der Waals surface area (Å²) in [5.74, 6) is 0.266. The molecule has 15 heavy (non-hydrogen) atoms. The number of carbonyl (C=O) groups excluding carboxylic acids is 1. The summed E-state index contributed by atoms with van der Waals surface area (Å²) in [7, 11) is 0. The molecule has 0 aromatic carbocycles. The van der Waals surface area contributed by atoms with Crippen LogP contribution in [0.4, 0.5) is 0 Å². The number of nitrogens with zero attached hydrogens (tertiary/aromatic N) is 1. The molecule has 0 unspecified atom stereocenters. The van der Waals surface area contributed by atoms with Gasteiger partial charge in [-0.25, -0.2) is 0 Å². The minimum absolute atomic E-state index is 0.180. The van der Waals surface area contributed by atoms with Crippen molar-refractivity contribution in [1.29, 1.82) is 0 Å². The Labute approximate surface area is 97.8 Å². The van der Waals surface area contributed by atoms with Crippen molar-refractivity contribution in [3.63, 3.8) is 0 Å². The predicted molar refractivity (Wildman–Crippen MR) is 59.4 cm³/mol. The molecule has 1 N–H and O–H groups in total. The smallest absolute Gasteiger partial charge is 0.253 e. The maximum atomic E-state index is 11.8. The molecule has 0 spiro atoms. The van der Waals surface area contributed by atoms with Crippen LogP contribution >= 0.6 is 23.2 Å². The van der Waals surface area contributed by atoms with E-state index >= 15 is 0 Å². The van der Waals surface area contributed by atoms with Gasteiger partial charge in [0, 0.05) is 18.3 Å². The van der Waals surface area contributed by atoms with Crippen LogP contribution in [0.1, 0.15) is 23.2 Å². The van der Waals surface area contributed by atoms with Crippen molar-refractivity contribution in [2.45, 2.75) is 18.4 Å². The molecule has 1 heterocycles. The lowest BCUT2D eigenvalue weighted by Gasteiger charge is -2.14. The minimum atomic E-state index is -0.203. The molecule has 0 aliphatic heterocycles. The number of amides is 1. The Morgan fingerprint density at radius 3 is 2.87 bits per heavy atom. The van der Waals surface area contributed by atoms with E-state index < -0.39 is 0 Å². The third kappa shape index (κ3) is 2.24. The third-order valence-corrected chi connectivity index (χ3v) is 3.32. The highest BCUT2D eigenvalue weighted by Gasteiger charge is 2.43. The van der Waals surface area contributed by atoms with E-state index in [0.717, 1.165) is 12.8 Å². The zero-order chi connectivity index (χ0) is 10.9. The molecule has 1 aliphatic carbocycles. The fraction of sp³-hybridized carbons (Fsp3) is 0.400. The lowest BCUT2D eigenvalue weighted by Crippen LogP contribution is -2.38. The first-order chi connectivity index (χ1) is 7.17. The summed E-state index contributed by atoms with van der Waals surface area (Å²) in [6, 6.07) is 1.60. The lowest BCUT2D eigenvalue weighted by molar-refractivity contribution is 0.0936. The highest BCUT2D eigenvalue weighted by molar-refractivity contribution is 6.33. The number of hydrogen-bond donors (Lipinski definition) is 1. The first-order valence-electron chi connectivity index (χ1n) is 4.65. The molecular formula is C10H10Cl2N2O. The first kappa shape index (κ1) is 10.7. The average Bonchev–Trinajstić information content (AvgIpc) is 2.99. The fourth-order valence-corrected chi connectivity index (χ4v) is 1.85. The quantitative estimate of drug-likeness (QED) is 0.829. The van der Waals surface area contributed by atoms with Gasteiger partial charge in [-0.15, -0.1) is 11.6 Å². The molecule has 5 heteroatoms. The van der Waals surface area contributed by atoms with E-state index in [1.807, 2.05) is 0 Å². The van der Waals surface area contributed by atoms with Crippen LogP contribution in [0.15, 0.2) is 18.5 Å². The normalized spacial score (nSPS) is 17.2. The van der Waals surface area contributed by atoms with Crippen molar-refractivity contribution in [1.82, 2.24) is 10.3 Å². The van der Waals surface area contributed by atoms with Crippen molar-refractivity contribution < 1.29 is 4.79 Å². The van der Waals surface area contributed by atoms with Gasteiger partial charge in [-0.3, -0.25) is 9.78 Å². The van der Waals surface area contributed by atoms with Gasteiger partial charge in [0.15, 0.2) is 0 Å². The van der Waals surface area contributed by atoms with Gasteiger partial charge in [-0.2, -0.15) is 0 Å². The summed E-state index contributed by atoms with van der Waals surface area (Å²) in [4.78, 5) is 15.6. The monoisotopic (exact) mass is 244 g/mol. The SMILES string of the molecule is O=C(NC1(CCl)CC1)c1ccncc1Cl.